The van der Waals surface area contributed by atoms with Crippen LogP contribution in [0.1, 0.15) is 61.1 Å². The Kier molecular flexibility index (Phi) is 2.40. The molecule has 5 rings (SSSR count). The van der Waals surface area contributed by atoms with E-state index < -0.39 is 0 Å². The Morgan fingerprint density at radius 2 is 2.15 bits per heavy atom. The van der Waals surface area contributed by atoms with Gasteiger partial charge in [0, 0.05) is 4.88 Å². The van der Waals surface area contributed by atoms with E-state index in [1.807, 2.05) is 23.9 Å². The largest absolute Gasteiger partial charge is 0.387 e. The molecule has 3 fully saturated rings. The topological polar surface area (TPSA) is 37.5 Å². The minimum atomic E-state index is -0.274. The van der Waals surface area contributed by atoms with Crippen molar-refractivity contribution in [2.24, 2.45) is 17.8 Å². The fourth-order valence-electron chi connectivity index (χ4n) is 4.63. The van der Waals surface area contributed by atoms with Crippen LogP contribution < -0.4 is 0 Å². The molecule has 4 heteroatoms. The summed E-state index contributed by atoms with van der Waals surface area (Å²) in [6.07, 6.45) is 11.5. The van der Waals surface area contributed by atoms with Crippen LogP contribution in [-0.2, 0) is 0 Å². The lowest BCUT2D eigenvalue weighted by molar-refractivity contribution is 0.0697. The minimum absolute atomic E-state index is 0.274. The SMILES string of the molecule is O[C@@H](c1c(C2CC2)sc2cncn12)[C@@H]1C[C@H]2CCC1C2. The summed E-state index contributed by atoms with van der Waals surface area (Å²) in [6.45, 7) is 0. The molecule has 20 heavy (non-hydrogen) atoms. The van der Waals surface area contributed by atoms with Gasteiger partial charge in [0.25, 0.3) is 0 Å². The average molecular weight is 288 g/mol. The van der Waals surface area contributed by atoms with Crippen molar-refractivity contribution >= 4 is 16.2 Å². The molecule has 0 aromatic carbocycles. The van der Waals surface area contributed by atoms with Crippen molar-refractivity contribution in [3.8, 4) is 0 Å². The second kappa shape index (κ2) is 4.08. The standard InChI is InChI=1S/C16H20N2OS/c19-15(12-6-9-1-2-11(12)5-9)14-16(10-3-4-10)20-13-7-17-8-18(13)14/h7-12,15,19H,1-6H2/t9-,11?,12+,15+/m0/s1. The van der Waals surface area contributed by atoms with Gasteiger partial charge in [-0.05, 0) is 55.8 Å². The van der Waals surface area contributed by atoms with Crippen LogP contribution in [0.15, 0.2) is 12.5 Å². The van der Waals surface area contributed by atoms with E-state index in [1.54, 1.807) is 0 Å². The predicted octanol–water partition coefficient (Wildman–Crippen LogP) is 3.74. The fourth-order valence-corrected chi connectivity index (χ4v) is 5.94. The summed E-state index contributed by atoms with van der Waals surface area (Å²) in [4.78, 5) is 6.90. The summed E-state index contributed by atoms with van der Waals surface area (Å²) in [5.74, 6) is 2.86. The molecular weight excluding hydrogens is 268 g/mol. The van der Waals surface area contributed by atoms with E-state index in [2.05, 4.69) is 9.38 Å². The average Bonchev–Trinajstić information content (AvgIpc) is 2.87. The Bertz CT molecular complexity index is 657. The molecule has 0 amide bonds. The zero-order valence-electron chi connectivity index (χ0n) is 11.5. The maximum absolute atomic E-state index is 11.1. The third-order valence-electron chi connectivity index (χ3n) is 5.76. The van der Waals surface area contributed by atoms with Crippen molar-refractivity contribution in [2.75, 3.05) is 0 Å². The summed E-state index contributed by atoms with van der Waals surface area (Å²) in [5, 5.41) is 11.1. The Balaban J connectivity index is 1.58. The van der Waals surface area contributed by atoms with Gasteiger partial charge < -0.3 is 5.11 Å². The minimum Gasteiger partial charge on any atom is -0.387 e. The van der Waals surface area contributed by atoms with Crippen LogP contribution in [0.5, 0.6) is 0 Å². The molecule has 2 heterocycles. The van der Waals surface area contributed by atoms with Gasteiger partial charge in [0.2, 0.25) is 0 Å². The second-order valence-electron chi connectivity index (χ2n) is 7.01. The summed E-state index contributed by atoms with van der Waals surface area (Å²) in [5.41, 5.74) is 1.18. The molecule has 3 aliphatic rings. The van der Waals surface area contributed by atoms with Gasteiger partial charge in [-0.2, -0.15) is 0 Å². The Morgan fingerprint density at radius 1 is 1.25 bits per heavy atom. The summed E-state index contributed by atoms with van der Waals surface area (Å²) in [6, 6.07) is 0. The number of rotatable bonds is 3. The highest BCUT2D eigenvalue weighted by Crippen LogP contribution is 2.55. The lowest BCUT2D eigenvalue weighted by atomic mass is 9.83. The lowest BCUT2D eigenvalue weighted by Crippen LogP contribution is -2.21. The molecule has 3 saturated carbocycles. The first-order valence-electron chi connectivity index (χ1n) is 7.94. The number of aliphatic hydroxyl groups is 1. The molecule has 3 nitrogen and oxygen atoms in total. The smallest absolute Gasteiger partial charge is 0.120 e. The maximum Gasteiger partial charge on any atom is 0.120 e. The van der Waals surface area contributed by atoms with E-state index in [1.165, 1.54) is 53.9 Å². The fraction of sp³-hybridized carbons (Fsp3) is 0.688. The highest BCUT2D eigenvalue weighted by molar-refractivity contribution is 7.17. The summed E-state index contributed by atoms with van der Waals surface area (Å²) >= 11 is 1.85. The second-order valence-corrected chi connectivity index (χ2v) is 8.07. The van der Waals surface area contributed by atoms with Crippen LogP contribution in [0, 0.1) is 17.8 Å². The molecule has 0 radical (unpaired) electrons. The molecule has 2 aromatic rings. The third-order valence-corrected chi connectivity index (χ3v) is 7.03. The van der Waals surface area contributed by atoms with E-state index in [-0.39, 0.29) is 6.10 Å². The first-order valence-corrected chi connectivity index (χ1v) is 8.75. The Morgan fingerprint density at radius 3 is 2.85 bits per heavy atom. The molecule has 4 atom stereocenters. The number of hydrogen-bond acceptors (Lipinski definition) is 3. The molecule has 1 N–H and O–H groups in total. The van der Waals surface area contributed by atoms with Gasteiger partial charge >= 0.3 is 0 Å². The molecule has 106 valence electrons. The van der Waals surface area contributed by atoms with Gasteiger partial charge in [-0.25, -0.2) is 4.98 Å². The quantitative estimate of drug-likeness (QED) is 0.934. The normalized spacial score (nSPS) is 34.1. The number of thiazole rings is 1. The zero-order chi connectivity index (χ0) is 13.3. The van der Waals surface area contributed by atoms with Gasteiger partial charge in [0.15, 0.2) is 0 Å². The molecule has 0 saturated heterocycles. The molecule has 3 aliphatic carbocycles. The van der Waals surface area contributed by atoms with E-state index >= 15 is 0 Å². The molecule has 1 unspecified atom stereocenters. The van der Waals surface area contributed by atoms with Gasteiger partial charge in [0.1, 0.15) is 11.2 Å². The third kappa shape index (κ3) is 1.58. The van der Waals surface area contributed by atoms with Crippen molar-refractivity contribution < 1.29 is 5.11 Å². The number of imidazole rings is 1. The summed E-state index contributed by atoms with van der Waals surface area (Å²) < 4.78 is 2.16. The molecule has 2 bridgehead atoms. The number of hydrogen-bond donors (Lipinski definition) is 1. The van der Waals surface area contributed by atoms with Crippen LogP contribution in [0.25, 0.3) is 4.83 Å². The number of aromatic nitrogens is 2. The van der Waals surface area contributed by atoms with E-state index in [0.29, 0.717) is 11.8 Å². The zero-order valence-corrected chi connectivity index (χ0v) is 12.4. The highest BCUT2D eigenvalue weighted by atomic mass is 32.1. The first kappa shape index (κ1) is 11.8. The van der Waals surface area contributed by atoms with Crippen LogP contribution in [-0.4, -0.2) is 14.5 Å². The predicted molar refractivity (Wildman–Crippen MR) is 78.9 cm³/mol. The maximum atomic E-state index is 11.1. The van der Waals surface area contributed by atoms with E-state index in [4.69, 9.17) is 0 Å². The molecule has 0 spiro atoms. The van der Waals surface area contributed by atoms with Crippen molar-refractivity contribution in [3.63, 3.8) is 0 Å². The van der Waals surface area contributed by atoms with Gasteiger partial charge in [0.05, 0.1) is 18.0 Å². The molecule has 2 aromatic heterocycles. The monoisotopic (exact) mass is 288 g/mol. The molecular formula is C16H20N2OS. The number of fused-ring (bicyclic) bond motifs is 3. The van der Waals surface area contributed by atoms with Crippen LogP contribution >= 0.6 is 11.3 Å². The van der Waals surface area contributed by atoms with Gasteiger partial charge in [-0.1, -0.05) is 6.42 Å². The Hall–Kier alpha value is -0.870. The summed E-state index contributed by atoms with van der Waals surface area (Å²) in [7, 11) is 0. The molecule has 0 aliphatic heterocycles. The van der Waals surface area contributed by atoms with Crippen LogP contribution in [0.3, 0.4) is 0 Å². The first-order chi connectivity index (χ1) is 9.81. The lowest BCUT2D eigenvalue weighted by Gasteiger charge is -2.27. The van der Waals surface area contributed by atoms with Crippen molar-refractivity contribution in [3.05, 3.63) is 23.1 Å². The Labute approximate surface area is 122 Å². The van der Waals surface area contributed by atoms with Crippen molar-refractivity contribution in [1.29, 1.82) is 0 Å². The van der Waals surface area contributed by atoms with Gasteiger partial charge in [-0.15, -0.1) is 11.3 Å². The number of nitrogens with zero attached hydrogens (tertiary/aromatic N) is 2. The van der Waals surface area contributed by atoms with E-state index in [0.717, 1.165) is 11.8 Å². The van der Waals surface area contributed by atoms with Gasteiger partial charge in [-0.3, -0.25) is 4.40 Å². The van der Waals surface area contributed by atoms with Crippen molar-refractivity contribution in [1.82, 2.24) is 9.38 Å². The highest BCUT2D eigenvalue weighted by Gasteiger charge is 2.45. The van der Waals surface area contributed by atoms with Crippen LogP contribution in [0.2, 0.25) is 0 Å². The van der Waals surface area contributed by atoms with E-state index in [9.17, 15) is 5.11 Å². The van der Waals surface area contributed by atoms with Crippen molar-refractivity contribution in [2.45, 2.75) is 50.5 Å². The number of aliphatic hydroxyl groups excluding tert-OH is 1. The van der Waals surface area contributed by atoms with Crippen LogP contribution in [0.4, 0.5) is 0 Å².